The molecule has 0 bridgehead atoms. The Morgan fingerprint density at radius 2 is 2.27 bits per heavy atom. The van der Waals surface area contributed by atoms with Gasteiger partial charge in [-0.05, 0) is 50.6 Å². The van der Waals surface area contributed by atoms with Gasteiger partial charge >= 0.3 is 0 Å². The summed E-state index contributed by atoms with van der Waals surface area (Å²) in [6, 6.07) is 4.18. The second kappa shape index (κ2) is 6.36. The predicted molar refractivity (Wildman–Crippen MR) is 65.8 cm³/mol. The van der Waals surface area contributed by atoms with E-state index in [2.05, 4.69) is 42.4 Å². The molecule has 0 aromatic carbocycles. The highest BCUT2D eigenvalue weighted by atomic mass is 14.8. The number of rotatable bonds is 5. The molecule has 2 heteroatoms. The fourth-order valence-corrected chi connectivity index (χ4v) is 1.39. The van der Waals surface area contributed by atoms with Crippen LogP contribution in [0.4, 0.5) is 0 Å². The molecule has 0 aliphatic carbocycles. The number of hydrogen-bond acceptors (Lipinski definition) is 2. The predicted octanol–water partition coefficient (Wildman–Crippen LogP) is 2.79. The van der Waals surface area contributed by atoms with Crippen molar-refractivity contribution in [1.29, 1.82) is 0 Å². The lowest BCUT2D eigenvalue weighted by Gasteiger charge is -2.02. The molecular weight excluding hydrogens is 184 g/mol. The van der Waals surface area contributed by atoms with E-state index in [1.165, 1.54) is 11.1 Å². The van der Waals surface area contributed by atoms with Crippen LogP contribution in [-0.4, -0.2) is 18.1 Å². The molecule has 0 atom stereocenters. The number of allylic oxidation sites excluding steroid dienone is 1. The van der Waals surface area contributed by atoms with Gasteiger partial charge in [-0.25, -0.2) is 0 Å². The largest absolute Gasteiger partial charge is 0.317 e. The van der Waals surface area contributed by atoms with Crippen LogP contribution in [0.15, 0.2) is 24.4 Å². The fourth-order valence-electron chi connectivity index (χ4n) is 1.39. The molecule has 0 aliphatic rings. The lowest BCUT2D eigenvalue weighted by atomic mass is 10.1. The molecule has 1 aromatic rings. The van der Waals surface area contributed by atoms with Crippen molar-refractivity contribution in [3.8, 4) is 0 Å². The fraction of sp³-hybridized carbons (Fsp3) is 0.462. The van der Waals surface area contributed by atoms with Gasteiger partial charge in [-0.2, -0.15) is 0 Å². The molecule has 0 radical (unpaired) electrons. The summed E-state index contributed by atoms with van der Waals surface area (Å²) in [6.07, 6.45) is 5.27. The van der Waals surface area contributed by atoms with Gasteiger partial charge in [-0.15, -0.1) is 0 Å². The van der Waals surface area contributed by atoms with Crippen LogP contribution in [0.1, 0.15) is 31.5 Å². The number of hydrogen-bond donors (Lipinski definition) is 1. The Morgan fingerprint density at radius 1 is 1.47 bits per heavy atom. The average molecular weight is 204 g/mol. The SMILES string of the molecule is CCNCCC=C(C)c1ccc(C)nc1. The Kier molecular flexibility index (Phi) is 5.05. The number of nitrogens with zero attached hydrogens (tertiary/aromatic N) is 1. The van der Waals surface area contributed by atoms with Gasteiger partial charge in [0.25, 0.3) is 0 Å². The van der Waals surface area contributed by atoms with E-state index in [9.17, 15) is 0 Å². The van der Waals surface area contributed by atoms with Crippen LogP contribution in [0.5, 0.6) is 0 Å². The number of nitrogens with one attached hydrogen (secondary N) is 1. The molecule has 0 spiro atoms. The van der Waals surface area contributed by atoms with Gasteiger partial charge in [0.15, 0.2) is 0 Å². The minimum Gasteiger partial charge on any atom is -0.317 e. The van der Waals surface area contributed by atoms with Gasteiger partial charge < -0.3 is 5.32 Å². The Bertz CT molecular complexity index is 312. The third-order valence-corrected chi connectivity index (χ3v) is 2.39. The zero-order valence-electron chi connectivity index (χ0n) is 9.88. The summed E-state index contributed by atoms with van der Waals surface area (Å²) in [4.78, 5) is 4.29. The molecule has 82 valence electrons. The molecule has 1 rings (SSSR count). The summed E-state index contributed by atoms with van der Waals surface area (Å²) in [5, 5.41) is 3.30. The maximum Gasteiger partial charge on any atom is 0.0373 e. The average Bonchev–Trinajstić information content (AvgIpc) is 2.25. The smallest absolute Gasteiger partial charge is 0.0373 e. The van der Waals surface area contributed by atoms with E-state index in [4.69, 9.17) is 0 Å². The summed E-state index contributed by atoms with van der Waals surface area (Å²) < 4.78 is 0. The topological polar surface area (TPSA) is 24.9 Å². The number of aromatic nitrogens is 1. The van der Waals surface area contributed by atoms with E-state index < -0.39 is 0 Å². The van der Waals surface area contributed by atoms with E-state index in [0.29, 0.717) is 0 Å². The minimum absolute atomic E-state index is 1.04. The standard InChI is InChI=1S/C13H20N2/c1-4-14-9-5-6-11(2)13-8-7-12(3)15-10-13/h6-8,10,14H,4-5,9H2,1-3H3. The number of pyridine rings is 1. The first-order valence-electron chi connectivity index (χ1n) is 5.54. The lowest BCUT2D eigenvalue weighted by molar-refractivity contribution is 0.727. The van der Waals surface area contributed by atoms with E-state index in [-0.39, 0.29) is 0 Å². The molecule has 15 heavy (non-hydrogen) atoms. The first-order chi connectivity index (χ1) is 7.24. The zero-order chi connectivity index (χ0) is 11.1. The van der Waals surface area contributed by atoms with Crippen LogP contribution in [0, 0.1) is 6.92 Å². The van der Waals surface area contributed by atoms with Gasteiger partial charge in [0.1, 0.15) is 0 Å². The highest BCUT2D eigenvalue weighted by Crippen LogP contribution is 2.12. The van der Waals surface area contributed by atoms with Crippen molar-refractivity contribution in [3.05, 3.63) is 35.7 Å². The van der Waals surface area contributed by atoms with Crippen LogP contribution in [0.2, 0.25) is 0 Å². The monoisotopic (exact) mass is 204 g/mol. The second-order valence-electron chi connectivity index (χ2n) is 3.72. The minimum atomic E-state index is 1.04. The summed E-state index contributed by atoms with van der Waals surface area (Å²) in [5.41, 5.74) is 3.59. The Labute approximate surface area is 92.4 Å². The van der Waals surface area contributed by atoms with Gasteiger partial charge in [0.05, 0.1) is 0 Å². The Balaban J connectivity index is 2.52. The van der Waals surface area contributed by atoms with Crippen molar-refractivity contribution in [2.75, 3.05) is 13.1 Å². The van der Waals surface area contributed by atoms with Crippen molar-refractivity contribution >= 4 is 5.57 Å². The molecular formula is C13H20N2. The Morgan fingerprint density at radius 3 is 2.87 bits per heavy atom. The van der Waals surface area contributed by atoms with E-state index in [1.54, 1.807) is 0 Å². The van der Waals surface area contributed by atoms with Crippen LogP contribution < -0.4 is 5.32 Å². The van der Waals surface area contributed by atoms with Gasteiger partial charge in [0, 0.05) is 11.9 Å². The third-order valence-electron chi connectivity index (χ3n) is 2.39. The van der Waals surface area contributed by atoms with Gasteiger partial charge in [0.2, 0.25) is 0 Å². The maximum atomic E-state index is 4.29. The van der Waals surface area contributed by atoms with Crippen molar-refractivity contribution in [2.24, 2.45) is 0 Å². The molecule has 1 N–H and O–H groups in total. The second-order valence-corrected chi connectivity index (χ2v) is 3.72. The summed E-state index contributed by atoms with van der Waals surface area (Å²) in [6.45, 7) is 8.36. The Hall–Kier alpha value is -1.15. The molecule has 1 aromatic heterocycles. The molecule has 1 heterocycles. The van der Waals surface area contributed by atoms with Crippen molar-refractivity contribution < 1.29 is 0 Å². The quantitative estimate of drug-likeness (QED) is 0.746. The molecule has 0 amide bonds. The van der Waals surface area contributed by atoms with E-state index in [0.717, 1.165) is 25.2 Å². The molecule has 0 unspecified atom stereocenters. The van der Waals surface area contributed by atoms with E-state index in [1.807, 2.05) is 13.1 Å². The summed E-state index contributed by atoms with van der Waals surface area (Å²) in [7, 11) is 0. The normalized spacial score (nSPS) is 11.8. The highest BCUT2D eigenvalue weighted by Gasteiger charge is 1.94. The highest BCUT2D eigenvalue weighted by molar-refractivity contribution is 5.62. The lowest BCUT2D eigenvalue weighted by Crippen LogP contribution is -2.13. The molecule has 0 saturated heterocycles. The zero-order valence-corrected chi connectivity index (χ0v) is 9.88. The molecule has 0 fully saturated rings. The van der Waals surface area contributed by atoms with Crippen molar-refractivity contribution in [2.45, 2.75) is 27.2 Å². The van der Waals surface area contributed by atoms with E-state index >= 15 is 0 Å². The van der Waals surface area contributed by atoms with Gasteiger partial charge in [-0.1, -0.05) is 19.1 Å². The molecule has 2 nitrogen and oxygen atoms in total. The third kappa shape index (κ3) is 4.26. The van der Waals surface area contributed by atoms with Crippen molar-refractivity contribution in [1.82, 2.24) is 10.3 Å². The maximum absolute atomic E-state index is 4.29. The van der Waals surface area contributed by atoms with Crippen LogP contribution in [0.3, 0.4) is 0 Å². The number of aryl methyl sites for hydroxylation is 1. The summed E-state index contributed by atoms with van der Waals surface area (Å²) >= 11 is 0. The first kappa shape index (κ1) is 11.9. The molecule has 0 saturated carbocycles. The van der Waals surface area contributed by atoms with Gasteiger partial charge in [-0.3, -0.25) is 4.98 Å². The first-order valence-corrected chi connectivity index (χ1v) is 5.54. The van der Waals surface area contributed by atoms with Crippen LogP contribution in [-0.2, 0) is 0 Å². The van der Waals surface area contributed by atoms with Crippen molar-refractivity contribution in [3.63, 3.8) is 0 Å². The molecule has 0 aliphatic heterocycles. The van der Waals surface area contributed by atoms with Crippen LogP contribution in [0.25, 0.3) is 5.57 Å². The summed E-state index contributed by atoms with van der Waals surface area (Å²) in [5.74, 6) is 0. The van der Waals surface area contributed by atoms with Crippen LogP contribution >= 0.6 is 0 Å².